The summed E-state index contributed by atoms with van der Waals surface area (Å²) in [6.45, 7) is 1.57. The van der Waals surface area contributed by atoms with Crippen molar-refractivity contribution in [1.82, 2.24) is 9.21 Å². The molecule has 0 aliphatic carbocycles. The van der Waals surface area contributed by atoms with Crippen LogP contribution in [-0.2, 0) is 10.0 Å². The van der Waals surface area contributed by atoms with Crippen LogP contribution in [0.4, 0.5) is 10.5 Å². The summed E-state index contributed by atoms with van der Waals surface area (Å²) in [5, 5.41) is 3.51. The summed E-state index contributed by atoms with van der Waals surface area (Å²) in [5.41, 5.74) is 0.545. The molecular weight excluding hydrogens is 349 g/mol. The number of amides is 2. The van der Waals surface area contributed by atoms with Crippen LogP contribution in [-0.4, -0.2) is 56.1 Å². The largest absolute Gasteiger partial charge is 0.323 e. The SMILES string of the molecule is CS(=O)(=O)N1CCCN(C(=O)Nc2ccc(Cl)c(Cl)c2)CC1. The van der Waals surface area contributed by atoms with Crippen LogP contribution in [0.5, 0.6) is 0 Å². The number of anilines is 1. The Morgan fingerprint density at radius 2 is 1.86 bits per heavy atom. The average Bonchev–Trinajstić information content (AvgIpc) is 2.68. The lowest BCUT2D eigenvalue weighted by Crippen LogP contribution is -2.39. The number of hydrogen-bond donors (Lipinski definition) is 1. The number of hydrogen-bond acceptors (Lipinski definition) is 3. The van der Waals surface area contributed by atoms with Crippen molar-refractivity contribution in [2.45, 2.75) is 6.42 Å². The zero-order valence-electron chi connectivity index (χ0n) is 12.1. The summed E-state index contributed by atoms with van der Waals surface area (Å²) in [7, 11) is -3.22. The molecule has 1 aromatic rings. The zero-order valence-corrected chi connectivity index (χ0v) is 14.4. The van der Waals surface area contributed by atoms with Crippen molar-refractivity contribution < 1.29 is 13.2 Å². The Morgan fingerprint density at radius 3 is 2.50 bits per heavy atom. The molecule has 0 saturated carbocycles. The van der Waals surface area contributed by atoms with Gasteiger partial charge in [0.05, 0.1) is 16.3 Å². The molecule has 1 aromatic carbocycles. The lowest BCUT2D eigenvalue weighted by Gasteiger charge is -2.21. The van der Waals surface area contributed by atoms with Crippen molar-refractivity contribution in [3.05, 3.63) is 28.2 Å². The maximum Gasteiger partial charge on any atom is 0.321 e. The summed E-state index contributed by atoms with van der Waals surface area (Å²) in [6.07, 6.45) is 1.78. The van der Waals surface area contributed by atoms with Gasteiger partial charge in [0, 0.05) is 31.9 Å². The number of sulfonamides is 1. The van der Waals surface area contributed by atoms with Crippen LogP contribution in [0.1, 0.15) is 6.42 Å². The molecule has 1 saturated heterocycles. The van der Waals surface area contributed by atoms with Gasteiger partial charge >= 0.3 is 6.03 Å². The Hall–Kier alpha value is -1.02. The number of benzene rings is 1. The molecule has 0 radical (unpaired) electrons. The standard InChI is InChI=1S/C13H17Cl2N3O3S/c1-22(20,21)18-6-2-5-17(7-8-18)13(19)16-10-3-4-11(14)12(15)9-10/h3-4,9H,2,5-8H2,1H3,(H,16,19). The van der Waals surface area contributed by atoms with Gasteiger partial charge in [0.2, 0.25) is 10.0 Å². The molecule has 9 heteroatoms. The molecule has 1 fully saturated rings. The van der Waals surface area contributed by atoms with Crippen molar-refractivity contribution in [3.8, 4) is 0 Å². The number of urea groups is 1. The predicted molar refractivity (Wildman–Crippen MR) is 88.1 cm³/mol. The van der Waals surface area contributed by atoms with E-state index in [0.29, 0.717) is 48.3 Å². The fourth-order valence-electron chi connectivity index (χ4n) is 2.20. The summed E-state index contributed by atoms with van der Waals surface area (Å²) in [4.78, 5) is 13.8. The fraction of sp³-hybridized carbons (Fsp3) is 0.462. The number of rotatable bonds is 2. The van der Waals surface area contributed by atoms with Gasteiger partial charge in [0.15, 0.2) is 0 Å². The van der Waals surface area contributed by atoms with Gasteiger partial charge in [0.25, 0.3) is 0 Å². The summed E-state index contributed by atoms with van der Waals surface area (Å²) < 4.78 is 24.5. The normalized spacial score (nSPS) is 17.1. The average molecular weight is 366 g/mol. The number of halogens is 2. The second kappa shape index (κ2) is 7.04. The molecule has 6 nitrogen and oxygen atoms in total. The third-order valence-corrected chi connectivity index (χ3v) is 5.42. The first-order valence-electron chi connectivity index (χ1n) is 6.73. The summed E-state index contributed by atoms with van der Waals surface area (Å²) in [5.74, 6) is 0. The van der Waals surface area contributed by atoms with E-state index in [1.165, 1.54) is 10.6 Å². The maximum absolute atomic E-state index is 12.2. The third-order valence-electron chi connectivity index (χ3n) is 3.38. The van der Waals surface area contributed by atoms with E-state index in [4.69, 9.17) is 23.2 Å². The Bertz CT molecular complexity index is 666. The monoisotopic (exact) mass is 365 g/mol. The fourth-order valence-corrected chi connectivity index (χ4v) is 3.38. The molecule has 22 heavy (non-hydrogen) atoms. The summed E-state index contributed by atoms with van der Waals surface area (Å²) >= 11 is 11.7. The van der Waals surface area contributed by atoms with E-state index in [1.807, 2.05) is 0 Å². The molecule has 122 valence electrons. The highest BCUT2D eigenvalue weighted by molar-refractivity contribution is 7.88. The molecule has 1 aliphatic rings. The van der Waals surface area contributed by atoms with Gasteiger partial charge in [0.1, 0.15) is 0 Å². The predicted octanol–water partition coefficient (Wildman–Crippen LogP) is 2.49. The number of nitrogens with zero attached hydrogens (tertiary/aromatic N) is 2. The molecule has 0 bridgehead atoms. The van der Waals surface area contributed by atoms with Crippen LogP contribution in [0.2, 0.25) is 10.0 Å². The molecule has 1 heterocycles. The van der Waals surface area contributed by atoms with Crippen LogP contribution in [0.15, 0.2) is 18.2 Å². The topological polar surface area (TPSA) is 69.7 Å². The van der Waals surface area contributed by atoms with Crippen molar-refractivity contribution in [2.24, 2.45) is 0 Å². The number of carbonyl (C=O) groups excluding carboxylic acids is 1. The lowest BCUT2D eigenvalue weighted by molar-refractivity contribution is 0.214. The Labute approximate surface area is 140 Å². The molecule has 0 aromatic heterocycles. The highest BCUT2D eigenvalue weighted by Gasteiger charge is 2.23. The second-order valence-corrected chi connectivity index (χ2v) is 7.86. The van der Waals surface area contributed by atoms with Gasteiger partial charge in [-0.05, 0) is 24.6 Å². The minimum Gasteiger partial charge on any atom is -0.323 e. The van der Waals surface area contributed by atoms with E-state index in [2.05, 4.69) is 5.32 Å². The van der Waals surface area contributed by atoms with Crippen molar-refractivity contribution >= 4 is 44.9 Å². The first-order chi connectivity index (χ1) is 10.3. The number of carbonyl (C=O) groups is 1. The lowest BCUT2D eigenvalue weighted by atomic mass is 10.3. The van der Waals surface area contributed by atoms with Gasteiger partial charge in [-0.25, -0.2) is 17.5 Å². The molecule has 1 aliphatic heterocycles. The molecule has 1 N–H and O–H groups in total. The van der Waals surface area contributed by atoms with Crippen LogP contribution in [0.3, 0.4) is 0 Å². The van der Waals surface area contributed by atoms with Gasteiger partial charge in [-0.1, -0.05) is 23.2 Å². The van der Waals surface area contributed by atoms with Gasteiger partial charge < -0.3 is 10.2 Å². The van der Waals surface area contributed by atoms with Gasteiger partial charge in [-0.2, -0.15) is 0 Å². The van der Waals surface area contributed by atoms with E-state index in [0.717, 1.165) is 0 Å². The van der Waals surface area contributed by atoms with Gasteiger partial charge in [-0.3, -0.25) is 0 Å². The van der Waals surface area contributed by atoms with E-state index >= 15 is 0 Å². The van der Waals surface area contributed by atoms with Crippen molar-refractivity contribution in [3.63, 3.8) is 0 Å². The molecule has 0 atom stereocenters. The van der Waals surface area contributed by atoms with E-state index in [1.54, 1.807) is 23.1 Å². The second-order valence-electron chi connectivity index (χ2n) is 5.06. The van der Waals surface area contributed by atoms with E-state index in [-0.39, 0.29) is 6.03 Å². The maximum atomic E-state index is 12.2. The number of nitrogens with one attached hydrogen (secondary N) is 1. The molecular formula is C13H17Cl2N3O3S. The minimum absolute atomic E-state index is 0.284. The highest BCUT2D eigenvalue weighted by atomic mass is 35.5. The van der Waals surface area contributed by atoms with E-state index < -0.39 is 10.0 Å². The van der Waals surface area contributed by atoms with Gasteiger partial charge in [-0.15, -0.1) is 0 Å². The first-order valence-corrected chi connectivity index (χ1v) is 9.34. The van der Waals surface area contributed by atoms with Crippen LogP contribution in [0.25, 0.3) is 0 Å². The highest BCUT2D eigenvalue weighted by Crippen LogP contribution is 2.25. The zero-order chi connectivity index (χ0) is 16.3. The van der Waals surface area contributed by atoms with Crippen molar-refractivity contribution in [1.29, 1.82) is 0 Å². The minimum atomic E-state index is -3.22. The van der Waals surface area contributed by atoms with Crippen LogP contribution in [0, 0.1) is 0 Å². The third kappa shape index (κ3) is 4.49. The first kappa shape index (κ1) is 17.3. The quantitative estimate of drug-likeness (QED) is 0.874. The molecule has 0 unspecified atom stereocenters. The van der Waals surface area contributed by atoms with E-state index in [9.17, 15) is 13.2 Å². The Morgan fingerprint density at radius 1 is 1.14 bits per heavy atom. The van der Waals surface area contributed by atoms with Crippen molar-refractivity contribution in [2.75, 3.05) is 37.8 Å². The molecule has 2 rings (SSSR count). The van der Waals surface area contributed by atoms with Crippen LogP contribution >= 0.6 is 23.2 Å². The molecule has 0 spiro atoms. The smallest absolute Gasteiger partial charge is 0.321 e. The van der Waals surface area contributed by atoms with Crippen LogP contribution < -0.4 is 5.32 Å². The molecule has 2 amide bonds. The summed E-state index contributed by atoms with van der Waals surface area (Å²) in [6, 6.07) is 4.55. The Balaban J connectivity index is 1.99. The Kier molecular flexibility index (Phi) is 5.55.